The largest absolute Gasteiger partial charge is 0.327 e. The van der Waals surface area contributed by atoms with E-state index in [1.165, 1.54) is 0 Å². The van der Waals surface area contributed by atoms with Crippen molar-refractivity contribution >= 4 is 17.5 Å². The van der Waals surface area contributed by atoms with Gasteiger partial charge in [-0.05, 0) is 19.1 Å². The number of hydrogen-bond acceptors (Lipinski definition) is 4. The minimum absolute atomic E-state index is 0.154. The second kappa shape index (κ2) is 4.50. The van der Waals surface area contributed by atoms with Crippen LogP contribution in [0.5, 0.6) is 0 Å². The summed E-state index contributed by atoms with van der Waals surface area (Å²) in [6.07, 6.45) is 1.79. The fourth-order valence-electron chi connectivity index (χ4n) is 1.39. The van der Waals surface area contributed by atoms with Crippen LogP contribution in [0, 0.1) is 5.92 Å². The number of fused-ring (bicyclic) bond motifs is 1. The van der Waals surface area contributed by atoms with Crippen molar-refractivity contribution < 1.29 is 4.79 Å². The highest BCUT2D eigenvalue weighted by atomic mass is 16.2. The Balaban J connectivity index is 2.22. The zero-order chi connectivity index (χ0) is 12.4. The number of aromatic nitrogens is 3. The summed E-state index contributed by atoms with van der Waals surface area (Å²) in [5, 5.41) is 10.6. The first-order valence-electron chi connectivity index (χ1n) is 5.46. The Hall–Kier alpha value is -1.95. The van der Waals surface area contributed by atoms with Crippen molar-refractivity contribution in [2.24, 2.45) is 11.7 Å². The summed E-state index contributed by atoms with van der Waals surface area (Å²) in [6.45, 7) is 3.58. The summed E-state index contributed by atoms with van der Waals surface area (Å²) in [5.74, 6) is -0.0117. The summed E-state index contributed by atoms with van der Waals surface area (Å²) >= 11 is 0. The van der Waals surface area contributed by atoms with Crippen molar-refractivity contribution in [3.8, 4) is 0 Å². The third kappa shape index (κ3) is 2.26. The van der Waals surface area contributed by atoms with Crippen molar-refractivity contribution in [3.05, 3.63) is 24.4 Å². The Bertz CT molecular complexity index is 533. The molecule has 0 saturated heterocycles. The zero-order valence-corrected chi connectivity index (χ0v) is 9.79. The predicted molar refractivity (Wildman–Crippen MR) is 64.4 cm³/mol. The van der Waals surface area contributed by atoms with Gasteiger partial charge in [-0.2, -0.15) is 0 Å². The van der Waals surface area contributed by atoms with Crippen LogP contribution in [0.15, 0.2) is 24.4 Å². The van der Waals surface area contributed by atoms with E-state index in [2.05, 4.69) is 15.5 Å². The lowest BCUT2D eigenvalue weighted by molar-refractivity contribution is -0.119. The van der Waals surface area contributed by atoms with Crippen molar-refractivity contribution in [2.45, 2.75) is 19.9 Å². The van der Waals surface area contributed by atoms with Gasteiger partial charge in [0, 0.05) is 12.2 Å². The average molecular weight is 233 g/mol. The monoisotopic (exact) mass is 233 g/mol. The molecule has 17 heavy (non-hydrogen) atoms. The quantitative estimate of drug-likeness (QED) is 0.815. The van der Waals surface area contributed by atoms with E-state index in [1.54, 1.807) is 24.4 Å². The van der Waals surface area contributed by atoms with Crippen LogP contribution in [-0.4, -0.2) is 26.5 Å². The second-order valence-electron chi connectivity index (χ2n) is 4.09. The minimum atomic E-state index is -0.272. The highest BCUT2D eigenvalue weighted by Gasteiger charge is 2.18. The number of hydrogen-bond donors (Lipinski definition) is 2. The Labute approximate surface area is 98.8 Å². The highest BCUT2D eigenvalue weighted by molar-refractivity contribution is 5.91. The third-order valence-electron chi connectivity index (χ3n) is 2.75. The van der Waals surface area contributed by atoms with Gasteiger partial charge in [-0.15, -0.1) is 10.2 Å². The maximum atomic E-state index is 11.8. The summed E-state index contributed by atoms with van der Waals surface area (Å²) in [7, 11) is 0. The molecule has 0 aliphatic carbocycles. The van der Waals surface area contributed by atoms with Crippen molar-refractivity contribution in [1.82, 2.24) is 14.6 Å². The number of rotatable bonds is 3. The lowest BCUT2D eigenvalue weighted by Crippen LogP contribution is -2.34. The first-order valence-corrected chi connectivity index (χ1v) is 5.46. The first kappa shape index (κ1) is 11.5. The molecule has 0 aliphatic rings. The molecule has 1 amide bonds. The van der Waals surface area contributed by atoms with Gasteiger partial charge in [0.2, 0.25) is 11.9 Å². The SMILES string of the molecule is CC(N)C(C)C(=O)Nc1nnc2ccccn12. The number of nitrogens with zero attached hydrogens (tertiary/aromatic N) is 3. The molecular formula is C11H15N5O. The molecule has 0 aliphatic heterocycles. The molecule has 0 bridgehead atoms. The van der Waals surface area contributed by atoms with Gasteiger partial charge in [0.25, 0.3) is 0 Å². The third-order valence-corrected chi connectivity index (χ3v) is 2.75. The van der Waals surface area contributed by atoms with E-state index < -0.39 is 0 Å². The van der Waals surface area contributed by atoms with Gasteiger partial charge < -0.3 is 5.73 Å². The Morgan fingerprint density at radius 1 is 1.41 bits per heavy atom. The summed E-state index contributed by atoms with van der Waals surface area (Å²) in [4.78, 5) is 11.8. The molecule has 6 heteroatoms. The van der Waals surface area contributed by atoms with Gasteiger partial charge in [0.1, 0.15) is 0 Å². The number of carbonyl (C=O) groups is 1. The summed E-state index contributed by atoms with van der Waals surface area (Å²) < 4.78 is 1.71. The molecule has 0 spiro atoms. The fourth-order valence-corrected chi connectivity index (χ4v) is 1.39. The van der Waals surface area contributed by atoms with Crippen LogP contribution in [0.2, 0.25) is 0 Å². The smallest absolute Gasteiger partial charge is 0.235 e. The first-order chi connectivity index (χ1) is 8.09. The Morgan fingerprint density at radius 3 is 2.88 bits per heavy atom. The van der Waals surface area contributed by atoms with Gasteiger partial charge in [-0.1, -0.05) is 13.0 Å². The van der Waals surface area contributed by atoms with Crippen molar-refractivity contribution in [1.29, 1.82) is 0 Å². The molecule has 0 saturated carbocycles. The normalized spacial score (nSPS) is 14.5. The molecule has 2 heterocycles. The van der Waals surface area contributed by atoms with E-state index in [0.29, 0.717) is 11.6 Å². The van der Waals surface area contributed by atoms with Gasteiger partial charge in [-0.25, -0.2) is 0 Å². The van der Waals surface area contributed by atoms with Crippen LogP contribution in [0.25, 0.3) is 5.65 Å². The molecule has 2 rings (SSSR count). The predicted octanol–water partition coefficient (Wildman–Crippen LogP) is 0.651. The standard InChI is InChI=1S/C11H15N5O/c1-7(8(2)12)10(17)13-11-15-14-9-5-3-4-6-16(9)11/h3-8H,12H2,1-2H3,(H,13,15,17). The molecule has 2 unspecified atom stereocenters. The van der Waals surface area contributed by atoms with Crippen LogP contribution < -0.4 is 11.1 Å². The number of carbonyl (C=O) groups excluding carboxylic acids is 1. The summed E-state index contributed by atoms with van der Waals surface area (Å²) in [5.41, 5.74) is 6.37. The number of anilines is 1. The van der Waals surface area contributed by atoms with E-state index in [-0.39, 0.29) is 17.9 Å². The molecule has 6 nitrogen and oxygen atoms in total. The number of nitrogens with one attached hydrogen (secondary N) is 1. The molecule has 2 aromatic rings. The van der Waals surface area contributed by atoms with Crippen LogP contribution in [-0.2, 0) is 4.79 Å². The minimum Gasteiger partial charge on any atom is -0.327 e. The molecular weight excluding hydrogens is 218 g/mol. The second-order valence-corrected chi connectivity index (χ2v) is 4.09. The van der Waals surface area contributed by atoms with Gasteiger partial charge in [0.05, 0.1) is 5.92 Å². The maximum Gasteiger partial charge on any atom is 0.235 e. The molecule has 2 aromatic heterocycles. The van der Waals surface area contributed by atoms with Gasteiger partial charge in [0.15, 0.2) is 5.65 Å². The van der Waals surface area contributed by atoms with Gasteiger partial charge >= 0.3 is 0 Å². The number of pyridine rings is 1. The van der Waals surface area contributed by atoms with Crippen molar-refractivity contribution in [3.63, 3.8) is 0 Å². The Morgan fingerprint density at radius 2 is 2.18 bits per heavy atom. The van der Waals surface area contributed by atoms with E-state index in [4.69, 9.17) is 5.73 Å². The number of nitrogens with two attached hydrogens (primary N) is 1. The zero-order valence-electron chi connectivity index (χ0n) is 9.79. The van der Waals surface area contributed by atoms with E-state index in [0.717, 1.165) is 0 Å². The average Bonchev–Trinajstić information content (AvgIpc) is 2.71. The van der Waals surface area contributed by atoms with Crippen molar-refractivity contribution in [2.75, 3.05) is 5.32 Å². The topological polar surface area (TPSA) is 85.3 Å². The van der Waals surface area contributed by atoms with E-state index in [9.17, 15) is 4.79 Å². The maximum absolute atomic E-state index is 11.8. The van der Waals surface area contributed by atoms with Crippen LogP contribution in [0.1, 0.15) is 13.8 Å². The molecule has 90 valence electrons. The highest BCUT2D eigenvalue weighted by Crippen LogP contribution is 2.09. The van der Waals surface area contributed by atoms with Crippen LogP contribution in [0.4, 0.5) is 5.95 Å². The molecule has 0 aromatic carbocycles. The van der Waals surface area contributed by atoms with E-state index >= 15 is 0 Å². The van der Waals surface area contributed by atoms with Crippen LogP contribution >= 0.6 is 0 Å². The lowest BCUT2D eigenvalue weighted by Gasteiger charge is -2.14. The molecule has 2 atom stereocenters. The van der Waals surface area contributed by atoms with Gasteiger partial charge in [-0.3, -0.25) is 14.5 Å². The van der Waals surface area contributed by atoms with E-state index in [1.807, 2.05) is 18.2 Å². The van der Waals surface area contributed by atoms with Crippen LogP contribution in [0.3, 0.4) is 0 Å². The summed E-state index contributed by atoms with van der Waals surface area (Å²) in [6, 6.07) is 5.33. The lowest BCUT2D eigenvalue weighted by atomic mass is 10.0. The molecule has 0 fully saturated rings. The molecule has 3 N–H and O–H groups in total. The Kier molecular flexibility index (Phi) is 3.06. The fraction of sp³-hybridized carbons (Fsp3) is 0.364. The molecule has 0 radical (unpaired) electrons. The number of amides is 1.